The quantitative estimate of drug-likeness (QED) is 0.678. The normalized spacial score (nSPS) is 10.6. The third kappa shape index (κ3) is 1.22. The number of nitrogens with zero attached hydrogens (tertiary/aromatic N) is 5. The van der Waals surface area contributed by atoms with Gasteiger partial charge in [-0.05, 0) is 13.0 Å². The van der Waals surface area contributed by atoms with E-state index in [4.69, 9.17) is 0 Å². The van der Waals surface area contributed by atoms with Gasteiger partial charge in [-0.2, -0.15) is 5.10 Å². The first-order valence-corrected chi connectivity index (χ1v) is 4.19. The Balaban J connectivity index is 2.52. The highest BCUT2D eigenvalue weighted by atomic mass is 15.3. The van der Waals surface area contributed by atoms with E-state index in [2.05, 4.69) is 22.2 Å². The molecule has 0 fully saturated rings. The highest BCUT2D eigenvalue weighted by Crippen LogP contribution is 2.14. The monoisotopic (exact) mass is 177 g/mol. The van der Waals surface area contributed by atoms with E-state index in [1.807, 2.05) is 17.7 Å². The molecule has 0 amide bonds. The second kappa shape index (κ2) is 3.01. The van der Waals surface area contributed by atoms with Crippen LogP contribution in [0, 0.1) is 0 Å². The van der Waals surface area contributed by atoms with Crippen LogP contribution in [0.25, 0.3) is 11.5 Å². The van der Waals surface area contributed by atoms with Crippen LogP contribution in [0.4, 0.5) is 0 Å². The Bertz CT molecular complexity index is 400. The van der Waals surface area contributed by atoms with Crippen LogP contribution in [-0.2, 0) is 13.6 Å². The Kier molecular flexibility index (Phi) is 1.84. The van der Waals surface area contributed by atoms with Gasteiger partial charge in [-0.3, -0.25) is 4.68 Å². The second-order valence-corrected chi connectivity index (χ2v) is 2.78. The second-order valence-electron chi connectivity index (χ2n) is 2.78. The Labute approximate surface area is 76.0 Å². The van der Waals surface area contributed by atoms with Crippen LogP contribution in [0.3, 0.4) is 0 Å². The summed E-state index contributed by atoms with van der Waals surface area (Å²) in [6.45, 7) is 2.93. The van der Waals surface area contributed by atoms with Crippen molar-refractivity contribution in [2.45, 2.75) is 13.5 Å². The molecule has 0 aliphatic rings. The van der Waals surface area contributed by atoms with Crippen LogP contribution in [0.2, 0.25) is 0 Å². The summed E-state index contributed by atoms with van der Waals surface area (Å²) in [5.41, 5.74) is 0.986. The Morgan fingerprint density at radius 2 is 2.31 bits per heavy atom. The predicted molar refractivity (Wildman–Crippen MR) is 47.9 cm³/mol. The van der Waals surface area contributed by atoms with Crippen molar-refractivity contribution in [3.05, 3.63) is 18.6 Å². The van der Waals surface area contributed by atoms with Gasteiger partial charge in [-0.1, -0.05) is 0 Å². The van der Waals surface area contributed by atoms with Gasteiger partial charge in [0.25, 0.3) is 0 Å². The van der Waals surface area contributed by atoms with Gasteiger partial charge < -0.3 is 4.57 Å². The maximum atomic E-state index is 4.08. The molecule has 68 valence electrons. The van der Waals surface area contributed by atoms with Gasteiger partial charge in [0.05, 0.1) is 0 Å². The average Bonchev–Trinajstić information content (AvgIpc) is 2.71. The summed E-state index contributed by atoms with van der Waals surface area (Å²) in [5, 5.41) is 12.0. The summed E-state index contributed by atoms with van der Waals surface area (Å²) >= 11 is 0. The Hall–Kier alpha value is -1.65. The first kappa shape index (κ1) is 7.97. The number of aromatic nitrogens is 5. The lowest BCUT2D eigenvalue weighted by molar-refractivity contribution is 0.732. The third-order valence-electron chi connectivity index (χ3n) is 2.01. The summed E-state index contributed by atoms with van der Waals surface area (Å²) in [4.78, 5) is 0. The third-order valence-corrected chi connectivity index (χ3v) is 2.01. The van der Waals surface area contributed by atoms with Crippen molar-refractivity contribution in [1.82, 2.24) is 24.5 Å². The lowest BCUT2D eigenvalue weighted by atomic mass is 10.4. The molecule has 0 radical (unpaired) electrons. The zero-order valence-corrected chi connectivity index (χ0v) is 7.68. The average molecular weight is 177 g/mol. The maximum absolute atomic E-state index is 4.08. The van der Waals surface area contributed by atoms with E-state index in [-0.39, 0.29) is 0 Å². The largest absolute Gasteiger partial charge is 0.313 e. The summed E-state index contributed by atoms with van der Waals surface area (Å²) in [7, 11) is 1.89. The molecule has 5 nitrogen and oxygen atoms in total. The molecule has 2 heterocycles. The minimum Gasteiger partial charge on any atom is -0.313 e. The fourth-order valence-electron chi connectivity index (χ4n) is 1.28. The van der Waals surface area contributed by atoms with Gasteiger partial charge in [-0.15, -0.1) is 10.2 Å². The molecule has 5 heteroatoms. The molecule has 2 aromatic rings. The smallest absolute Gasteiger partial charge is 0.182 e. The minimum absolute atomic E-state index is 0.863. The number of rotatable bonds is 2. The summed E-state index contributed by atoms with van der Waals surface area (Å²) in [6, 6.07) is 1.93. The molecule has 0 spiro atoms. The molecule has 0 unspecified atom stereocenters. The maximum Gasteiger partial charge on any atom is 0.182 e. The molecule has 0 saturated carbocycles. The molecule has 13 heavy (non-hydrogen) atoms. The van der Waals surface area contributed by atoms with Crippen molar-refractivity contribution < 1.29 is 0 Å². The van der Waals surface area contributed by atoms with Gasteiger partial charge in [0.1, 0.15) is 12.0 Å². The molecule has 0 aliphatic carbocycles. The van der Waals surface area contributed by atoms with E-state index in [9.17, 15) is 0 Å². The van der Waals surface area contributed by atoms with Crippen molar-refractivity contribution in [2.24, 2.45) is 7.05 Å². The van der Waals surface area contributed by atoms with Crippen molar-refractivity contribution in [1.29, 1.82) is 0 Å². The molecule has 2 rings (SSSR count). The van der Waals surface area contributed by atoms with E-state index in [0.29, 0.717) is 0 Å². The van der Waals surface area contributed by atoms with E-state index >= 15 is 0 Å². The summed E-state index contributed by atoms with van der Waals surface area (Å²) in [6.07, 6.45) is 3.48. The molecule has 0 bridgehead atoms. The highest BCUT2D eigenvalue weighted by molar-refractivity contribution is 5.48. The molecule has 0 aliphatic heterocycles. The van der Waals surface area contributed by atoms with Crippen molar-refractivity contribution >= 4 is 0 Å². The molecular weight excluding hydrogens is 166 g/mol. The standard InChI is InChI=1S/C8H11N5/c1-3-13-6-9-11-8(13)7-4-5-10-12(7)2/h4-6H,3H2,1-2H3. The predicted octanol–water partition coefficient (Wildman–Crippen LogP) is 0.698. The van der Waals surface area contributed by atoms with Gasteiger partial charge >= 0.3 is 0 Å². The van der Waals surface area contributed by atoms with E-state index < -0.39 is 0 Å². The number of aryl methyl sites for hydroxylation is 2. The molecule has 0 N–H and O–H groups in total. The van der Waals surface area contributed by atoms with Crippen LogP contribution < -0.4 is 0 Å². The number of hydrogen-bond acceptors (Lipinski definition) is 3. The van der Waals surface area contributed by atoms with Gasteiger partial charge in [0.15, 0.2) is 5.82 Å². The van der Waals surface area contributed by atoms with Crippen molar-refractivity contribution in [3.63, 3.8) is 0 Å². The van der Waals surface area contributed by atoms with Crippen LogP contribution in [0.5, 0.6) is 0 Å². The van der Waals surface area contributed by atoms with Crippen molar-refractivity contribution in [3.8, 4) is 11.5 Å². The molecule has 0 saturated heterocycles. The van der Waals surface area contributed by atoms with Crippen LogP contribution in [-0.4, -0.2) is 24.5 Å². The number of hydrogen-bond donors (Lipinski definition) is 0. The van der Waals surface area contributed by atoms with Crippen LogP contribution in [0.15, 0.2) is 18.6 Å². The molecule has 0 aromatic carbocycles. The SMILES string of the molecule is CCn1cnnc1-c1ccnn1C. The fraction of sp³-hybridized carbons (Fsp3) is 0.375. The summed E-state index contributed by atoms with van der Waals surface area (Å²) < 4.78 is 3.77. The minimum atomic E-state index is 0.863. The van der Waals surface area contributed by atoms with Gasteiger partial charge in [-0.25, -0.2) is 0 Å². The van der Waals surface area contributed by atoms with Gasteiger partial charge in [0, 0.05) is 19.8 Å². The van der Waals surface area contributed by atoms with E-state index in [1.54, 1.807) is 17.2 Å². The lowest BCUT2D eigenvalue weighted by Gasteiger charge is -2.02. The molecular formula is C8H11N5. The first-order valence-electron chi connectivity index (χ1n) is 4.19. The Morgan fingerprint density at radius 1 is 1.46 bits per heavy atom. The first-order chi connectivity index (χ1) is 6.33. The lowest BCUT2D eigenvalue weighted by Crippen LogP contribution is -2.01. The highest BCUT2D eigenvalue weighted by Gasteiger charge is 2.08. The summed E-state index contributed by atoms with van der Waals surface area (Å²) in [5.74, 6) is 0.863. The van der Waals surface area contributed by atoms with Crippen LogP contribution >= 0.6 is 0 Å². The molecule has 0 atom stereocenters. The Morgan fingerprint density at radius 3 is 2.92 bits per heavy atom. The van der Waals surface area contributed by atoms with Gasteiger partial charge in [0.2, 0.25) is 0 Å². The van der Waals surface area contributed by atoms with Crippen LogP contribution in [0.1, 0.15) is 6.92 Å². The topological polar surface area (TPSA) is 48.5 Å². The zero-order chi connectivity index (χ0) is 9.26. The molecule has 2 aromatic heterocycles. The fourth-order valence-corrected chi connectivity index (χ4v) is 1.28. The zero-order valence-electron chi connectivity index (χ0n) is 7.68. The van der Waals surface area contributed by atoms with Crippen molar-refractivity contribution in [2.75, 3.05) is 0 Å². The van der Waals surface area contributed by atoms with E-state index in [0.717, 1.165) is 18.1 Å². The van der Waals surface area contributed by atoms with E-state index in [1.165, 1.54) is 0 Å².